The Balaban J connectivity index is 0.941. The van der Waals surface area contributed by atoms with Gasteiger partial charge in [-0.3, -0.25) is 0 Å². The van der Waals surface area contributed by atoms with Crippen molar-refractivity contribution in [1.29, 1.82) is 0 Å². The maximum Gasteiger partial charge on any atom is 0.222 e. The fraction of sp³-hybridized carbons (Fsp3) is 0.224. The number of hydrogen-bond donors (Lipinski definition) is 0. The van der Waals surface area contributed by atoms with E-state index in [0.717, 1.165) is 19.3 Å². The van der Waals surface area contributed by atoms with Crippen LogP contribution in [-0.2, 0) is 10.8 Å². The zero-order chi connectivity index (χ0) is 82.1. The molecule has 1 fully saturated rings. The molecule has 2 heterocycles. The Bertz CT molecular complexity index is 6080. The minimum Gasteiger partial charge on any atom is -0.338 e. The Labute approximate surface area is 713 Å². The van der Waals surface area contributed by atoms with E-state index in [2.05, 4.69) is 456 Å². The molecule has 0 bridgehead atoms. The van der Waals surface area contributed by atoms with Crippen molar-refractivity contribution >= 4 is 57.3 Å². The summed E-state index contributed by atoms with van der Waals surface area (Å²) in [4.78, 5) is 8.76. The first-order chi connectivity index (χ1) is 58.0. The summed E-state index contributed by atoms with van der Waals surface area (Å²) >= 11 is 0. The van der Waals surface area contributed by atoms with E-state index in [-0.39, 0.29) is 58.2 Å². The van der Waals surface area contributed by atoms with Crippen LogP contribution in [0.25, 0.3) is 83.5 Å². The molecule has 120 heavy (non-hydrogen) atoms. The van der Waals surface area contributed by atoms with Gasteiger partial charge in [0.25, 0.3) is 0 Å². The van der Waals surface area contributed by atoms with Gasteiger partial charge in [-0.1, -0.05) is 386 Å². The second-order valence-electron chi connectivity index (χ2n) is 39.1. The molecule has 20 rings (SSSR count). The van der Waals surface area contributed by atoms with Gasteiger partial charge in [-0.2, -0.15) is 0 Å². The van der Waals surface area contributed by atoms with E-state index in [1.807, 2.05) is 0 Å². The molecule has 0 N–H and O–H groups in total. The first-order valence-electron chi connectivity index (χ1n) is 43.9. The van der Waals surface area contributed by atoms with E-state index in [1.165, 1.54) is 173 Å². The van der Waals surface area contributed by atoms with Crippen molar-refractivity contribution in [1.82, 2.24) is 0 Å². The van der Waals surface area contributed by atoms with Crippen LogP contribution >= 0.6 is 0 Å². The van der Waals surface area contributed by atoms with Gasteiger partial charge < -0.3 is 14.7 Å². The normalized spacial score (nSPS) is 19.7. The van der Waals surface area contributed by atoms with E-state index in [0.29, 0.717) is 11.8 Å². The van der Waals surface area contributed by atoms with Gasteiger partial charge in [-0.05, 0) is 224 Å². The zero-order valence-corrected chi connectivity index (χ0v) is 71.6. The van der Waals surface area contributed by atoms with E-state index in [4.69, 9.17) is 0 Å². The average Bonchev–Trinajstić information content (AvgIpc) is 0.658. The van der Waals surface area contributed by atoms with E-state index < -0.39 is 0 Å². The van der Waals surface area contributed by atoms with Gasteiger partial charge in [0, 0.05) is 75.0 Å². The summed E-state index contributed by atoms with van der Waals surface area (Å²) in [6.07, 6.45) is 18.4. The number of fused-ring (bicyclic) bond motifs is 4. The maximum absolute atomic E-state index is 3.00. The predicted octanol–water partition coefficient (Wildman–Crippen LogP) is 29.4. The van der Waals surface area contributed by atoms with E-state index in [1.54, 1.807) is 0 Å². The van der Waals surface area contributed by atoms with Crippen molar-refractivity contribution in [2.45, 2.75) is 137 Å². The van der Waals surface area contributed by atoms with Crippen LogP contribution in [0, 0.1) is 28.6 Å². The summed E-state index contributed by atoms with van der Waals surface area (Å²) in [5.41, 5.74) is 39.1. The highest BCUT2D eigenvalue weighted by Gasteiger charge is 2.59. The molecule has 1 saturated carbocycles. The molecule has 7 unspecified atom stereocenters. The third-order valence-electron chi connectivity index (χ3n) is 27.6. The molecule has 13 aromatic rings. The molecule has 13 aromatic carbocycles. The highest BCUT2D eigenvalue weighted by molar-refractivity contribution is 6.90. The summed E-state index contributed by atoms with van der Waals surface area (Å²) in [5.74, 6) is 0.950. The van der Waals surface area contributed by atoms with Gasteiger partial charge in [0.05, 0.1) is 11.4 Å². The van der Waals surface area contributed by atoms with Gasteiger partial charge in [-0.25, -0.2) is 0 Å². The van der Waals surface area contributed by atoms with Crippen LogP contribution in [0.4, 0.5) is 34.1 Å². The minimum absolute atomic E-state index is 0.0195. The summed E-state index contributed by atoms with van der Waals surface area (Å²) in [7, 11) is 0. The standard InChI is InChI=1S/C116H108BN3/c1-113(2,3)89-62-86-48-49-87-63-90(114(4,5)6)72-101-96(65-88(64-89)108(86)109(87)101)85-55-61-105-103(67-85)117-102-66-84(77-38-24-15-25-39-77)54-60-104(102)119(111-97(80-40-26-16-27-41-80)68-91(115(7,8)9)69-98(111)81-42-28-17-29-43-81)106-73-95(118(93-56-50-78(51-57-93)75-34-20-13-21-35-75)94-58-52-79(53-59-94)76-36-22-14-23-37-76)74-107(110(106)117)120(105)112-99(82-44-30-18-31-45-82)70-92(116(10,11)12)71-100(112)83-46-32-19-33-47-83/h13-61,63-72,86,95,106-110H,62,73-74H2,1-12H3. The van der Waals surface area contributed by atoms with Crippen molar-refractivity contribution < 1.29 is 0 Å². The summed E-state index contributed by atoms with van der Waals surface area (Å²) in [6, 6.07) is 124. The lowest BCUT2D eigenvalue weighted by Crippen LogP contribution is -2.70. The van der Waals surface area contributed by atoms with Crippen LogP contribution in [0.1, 0.15) is 119 Å². The first-order valence-corrected chi connectivity index (χ1v) is 43.9. The van der Waals surface area contributed by atoms with Crippen LogP contribution in [0.5, 0.6) is 0 Å². The topological polar surface area (TPSA) is 9.72 Å². The zero-order valence-electron chi connectivity index (χ0n) is 71.6. The SMILES string of the molecule is CC(C)(C)C1=CC2=C(c3ccc4c(c3)B3c5cc(-c6ccccc6)ccc5N(c5c(-c6ccccc6)cc(C(C)(C)C)cc5-c5ccccc5)C5CC(N(c6ccc(-c7ccccc7)cc6)c6ccc(-c7ccccc7)cc6)CC(C35)N4c3c(-c4ccccc4)cc(C(C)(C)C)cc3-c3ccccc3)C=C3C=C(C(C)(C)C)CC4C=CC(=C1)C2C34. The van der Waals surface area contributed by atoms with Crippen molar-refractivity contribution in [2.24, 2.45) is 28.6 Å². The fourth-order valence-corrected chi connectivity index (χ4v) is 21.4. The lowest BCUT2D eigenvalue weighted by atomic mass is 9.26. The predicted molar refractivity (Wildman–Crippen MR) is 512 cm³/mol. The van der Waals surface area contributed by atoms with Gasteiger partial charge in [-0.15, -0.1) is 0 Å². The number of hydrogen-bond acceptors (Lipinski definition) is 3. The van der Waals surface area contributed by atoms with Crippen LogP contribution < -0.4 is 25.6 Å². The van der Waals surface area contributed by atoms with Crippen molar-refractivity contribution in [3.05, 3.63) is 403 Å². The quantitative estimate of drug-likeness (QED) is 0.107. The molecule has 0 radical (unpaired) electrons. The number of rotatable bonds is 13. The molecule has 3 nitrogen and oxygen atoms in total. The molecule has 7 aliphatic rings. The van der Waals surface area contributed by atoms with Crippen LogP contribution in [0.3, 0.4) is 0 Å². The van der Waals surface area contributed by atoms with Gasteiger partial charge >= 0.3 is 0 Å². The number of allylic oxidation sites excluding steroid dienone is 12. The lowest BCUT2D eigenvalue weighted by molar-refractivity contribution is 0.328. The van der Waals surface area contributed by atoms with Crippen molar-refractivity contribution in [2.75, 3.05) is 14.7 Å². The molecular formula is C116H108BN3. The molecule has 2 aliphatic heterocycles. The average molecular weight is 1550 g/mol. The van der Waals surface area contributed by atoms with Crippen LogP contribution in [0.2, 0.25) is 5.82 Å². The Morgan fingerprint density at radius 3 is 1.09 bits per heavy atom. The van der Waals surface area contributed by atoms with Crippen LogP contribution in [0.15, 0.2) is 386 Å². The highest BCUT2D eigenvalue weighted by Crippen LogP contribution is 2.62. The Morgan fingerprint density at radius 2 is 0.700 bits per heavy atom. The Kier molecular flexibility index (Phi) is 19.1. The van der Waals surface area contributed by atoms with E-state index >= 15 is 0 Å². The smallest absolute Gasteiger partial charge is 0.222 e. The highest BCUT2D eigenvalue weighted by atomic mass is 15.3. The van der Waals surface area contributed by atoms with Gasteiger partial charge in [0.2, 0.25) is 6.71 Å². The fourth-order valence-electron chi connectivity index (χ4n) is 21.4. The van der Waals surface area contributed by atoms with Gasteiger partial charge in [0.1, 0.15) is 0 Å². The monoisotopic (exact) mass is 1550 g/mol. The summed E-state index contributed by atoms with van der Waals surface area (Å²) in [5, 5.41) is 0. The second kappa shape index (κ2) is 29.9. The first kappa shape index (κ1) is 76.4. The number of nitrogens with zero attached hydrogens (tertiary/aromatic N) is 3. The molecule has 7 atom stereocenters. The second-order valence-corrected chi connectivity index (χ2v) is 39.1. The summed E-state index contributed by atoms with van der Waals surface area (Å²) in [6.45, 7) is 28.8. The van der Waals surface area contributed by atoms with Crippen molar-refractivity contribution in [3.8, 4) is 77.9 Å². The molecule has 0 saturated heterocycles. The molecule has 5 aliphatic carbocycles. The summed E-state index contributed by atoms with van der Waals surface area (Å²) < 4.78 is 0. The molecular weight excluding hydrogens is 1450 g/mol. The Morgan fingerprint density at radius 1 is 0.333 bits per heavy atom. The largest absolute Gasteiger partial charge is 0.338 e. The number of anilines is 6. The molecule has 0 aromatic heterocycles. The Hall–Kier alpha value is -12.2. The molecule has 0 spiro atoms. The third-order valence-corrected chi connectivity index (χ3v) is 27.6. The molecule has 590 valence electrons. The van der Waals surface area contributed by atoms with Crippen molar-refractivity contribution in [3.63, 3.8) is 0 Å². The van der Waals surface area contributed by atoms with E-state index in [9.17, 15) is 0 Å². The molecule has 4 heteroatoms. The third kappa shape index (κ3) is 13.7. The lowest BCUT2D eigenvalue weighted by Gasteiger charge is -2.60. The number of benzene rings is 13. The molecule has 0 amide bonds. The van der Waals surface area contributed by atoms with Crippen LogP contribution in [-0.4, -0.2) is 24.8 Å². The van der Waals surface area contributed by atoms with Gasteiger partial charge in [0.15, 0.2) is 0 Å². The maximum atomic E-state index is 3.00. The minimum atomic E-state index is -0.203.